The molecule has 186 valence electrons. The van der Waals surface area contributed by atoms with E-state index in [4.69, 9.17) is 31.6 Å². The van der Waals surface area contributed by atoms with Crippen LogP contribution in [0.2, 0.25) is 4.34 Å². The number of amides is 2. The summed E-state index contributed by atoms with van der Waals surface area (Å²) < 4.78 is 10.7. The third-order valence-electron chi connectivity index (χ3n) is 5.43. The third-order valence-corrected chi connectivity index (χ3v) is 7.70. The fourth-order valence-corrected chi connectivity index (χ4v) is 5.97. The molecule has 3 atom stereocenters. The van der Waals surface area contributed by atoms with Crippen molar-refractivity contribution in [3.05, 3.63) is 57.2 Å². The molecule has 1 aromatic heterocycles. The van der Waals surface area contributed by atoms with Crippen LogP contribution >= 0.6 is 34.7 Å². The normalized spacial score (nSPS) is 22.6. The molecule has 1 fully saturated rings. The zero-order valence-electron chi connectivity index (χ0n) is 18.3. The number of rotatable bonds is 6. The van der Waals surface area contributed by atoms with Crippen molar-refractivity contribution in [3.63, 3.8) is 0 Å². The molecule has 0 saturated carbocycles. The van der Waals surface area contributed by atoms with Gasteiger partial charge in [0.2, 0.25) is 0 Å². The van der Waals surface area contributed by atoms with Gasteiger partial charge in [-0.2, -0.15) is 0 Å². The summed E-state index contributed by atoms with van der Waals surface area (Å²) in [5.74, 6) is -2.35. The monoisotopic (exact) mass is 549 g/mol. The molecule has 3 N–H and O–H groups in total. The second kappa shape index (κ2) is 9.44. The van der Waals surface area contributed by atoms with Gasteiger partial charge in [-0.1, -0.05) is 46.3 Å². The molecule has 0 radical (unpaired) electrons. The number of ether oxygens (including phenoxy) is 2. The first-order chi connectivity index (χ1) is 17.3. The van der Waals surface area contributed by atoms with E-state index in [0.29, 0.717) is 16.9 Å². The number of nitrogens with zero attached hydrogens (tertiary/aromatic N) is 3. The number of benzene rings is 1. The van der Waals surface area contributed by atoms with Gasteiger partial charge in [0.05, 0.1) is 5.56 Å². The number of nitrogens with two attached hydrogens (primary N) is 1. The van der Waals surface area contributed by atoms with Crippen LogP contribution in [0.15, 0.2) is 41.2 Å². The number of halogens is 1. The van der Waals surface area contributed by atoms with Gasteiger partial charge in [-0.25, -0.2) is 14.6 Å². The van der Waals surface area contributed by atoms with Crippen LogP contribution in [0.1, 0.15) is 27.9 Å². The van der Waals surface area contributed by atoms with Crippen LogP contribution in [-0.2, 0) is 28.7 Å². The summed E-state index contributed by atoms with van der Waals surface area (Å²) >= 11 is 8.39. The van der Waals surface area contributed by atoms with E-state index in [9.17, 15) is 19.2 Å². The van der Waals surface area contributed by atoms with Crippen molar-refractivity contribution in [2.75, 3.05) is 18.6 Å². The standard InChI is InChI=1S/C21H16ClN5O7S2/c1-32-26-12(11-14(22)36-21(23)25-11)15(28)24-13-16(29)27-10(6-7-35-17(13)27)19(31)34-20-9-5-3-2-4-8(9)18(30)33-20/h2-6,13,17,20H,7H2,1H3,(H2,23,25)(H,24,28)/b26-12-/t13-,17-,20?/m1/s1. The molecule has 0 spiro atoms. The molecule has 1 aromatic carbocycles. The fourth-order valence-electron chi connectivity index (χ4n) is 3.84. The lowest BCUT2D eigenvalue weighted by Crippen LogP contribution is -2.70. The van der Waals surface area contributed by atoms with E-state index < -0.39 is 41.5 Å². The van der Waals surface area contributed by atoms with E-state index >= 15 is 0 Å². The van der Waals surface area contributed by atoms with Crippen molar-refractivity contribution in [2.24, 2.45) is 5.16 Å². The van der Waals surface area contributed by atoms with E-state index in [1.165, 1.54) is 29.8 Å². The summed E-state index contributed by atoms with van der Waals surface area (Å²) in [5, 5.41) is 5.83. The quantitative estimate of drug-likeness (QED) is 0.233. The molecule has 0 aliphatic carbocycles. The summed E-state index contributed by atoms with van der Waals surface area (Å²) in [6.45, 7) is 0. The van der Waals surface area contributed by atoms with Gasteiger partial charge in [0, 0.05) is 11.3 Å². The van der Waals surface area contributed by atoms with Crippen molar-refractivity contribution >= 4 is 69.3 Å². The number of oxime groups is 1. The number of nitrogen functional groups attached to an aromatic ring is 1. The number of thiazole rings is 1. The fraction of sp³-hybridized carbons (Fsp3) is 0.238. The minimum absolute atomic E-state index is 0.00391. The number of esters is 2. The number of aromatic nitrogens is 1. The van der Waals surface area contributed by atoms with E-state index in [1.54, 1.807) is 24.3 Å². The Balaban J connectivity index is 1.28. The molecule has 1 unspecified atom stereocenters. The molecule has 12 nitrogen and oxygen atoms in total. The van der Waals surface area contributed by atoms with Crippen molar-refractivity contribution in [1.82, 2.24) is 15.2 Å². The summed E-state index contributed by atoms with van der Waals surface area (Å²) in [6, 6.07) is 5.59. The van der Waals surface area contributed by atoms with Crippen molar-refractivity contribution in [1.29, 1.82) is 0 Å². The smallest absolute Gasteiger partial charge is 0.358 e. The number of thioether (sulfide) groups is 1. The van der Waals surface area contributed by atoms with E-state index in [-0.39, 0.29) is 26.6 Å². The molecular weight excluding hydrogens is 534 g/mol. The highest BCUT2D eigenvalue weighted by molar-refractivity contribution is 8.00. The Labute approximate surface area is 216 Å². The number of hydrogen-bond acceptors (Lipinski definition) is 12. The second-order valence-corrected chi connectivity index (χ2v) is 10.3. The van der Waals surface area contributed by atoms with Crippen LogP contribution in [-0.4, -0.2) is 63.6 Å². The summed E-state index contributed by atoms with van der Waals surface area (Å²) in [6.07, 6.45) is 0.322. The van der Waals surface area contributed by atoms with Crippen LogP contribution in [0.3, 0.4) is 0 Å². The molecule has 0 bridgehead atoms. The summed E-state index contributed by atoms with van der Waals surface area (Å²) in [5.41, 5.74) is 6.15. The van der Waals surface area contributed by atoms with Gasteiger partial charge in [0.15, 0.2) is 10.8 Å². The van der Waals surface area contributed by atoms with Crippen LogP contribution in [0.25, 0.3) is 0 Å². The minimum Gasteiger partial charge on any atom is -0.417 e. The topological polar surface area (TPSA) is 163 Å². The zero-order chi connectivity index (χ0) is 25.6. The first kappa shape index (κ1) is 24.1. The lowest BCUT2D eigenvalue weighted by Gasteiger charge is -2.48. The number of fused-ring (bicyclic) bond motifs is 2. The average molecular weight is 550 g/mol. The second-order valence-electron chi connectivity index (χ2n) is 7.50. The highest BCUT2D eigenvalue weighted by Gasteiger charge is 2.53. The van der Waals surface area contributed by atoms with Crippen LogP contribution < -0.4 is 11.1 Å². The van der Waals surface area contributed by atoms with E-state index in [1.807, 2.05) is 0 Å². The van der Waals surface area contributed by atoms with Gasteiger partial charge in [-0.3, -0.25) is 14.5 Å². The predicted molar refractivity (Wildman–Crippen MR) is 129 cm³/mol. The molecule has 36 heavy (non-hydrogen) atoms. The Kier molecular flexibility index (Phi) is 6.32. The molecular formula is C21H16ClN5O7S2. The SMILES string of the molecule is CO/N=C(\C(=O)N[C@@H]1C(=O)N2C(C(=O)OC3OC(=O)c4ccccc43)=CCS[C@H]12)c1nc(N)sc1Cl. The molecule has 5 rings (SSSR count). The number of cyclic esters (lactones) is 1. The number of hydrogen-bond donors (Lipinski definition) is 2. The molecule has 2 amide bonds. The average Bonchev–Trinajstić information content (AvgIpc) is 3.37. The Hall–Kier alpha value is -3.62. The van der Waals surface area contributed by atoms with Crippen molar-refractivity contribution in [2.45, 2.75) is 17.7 Å². The van der Waals surface area contributed by atoms with Gasteiger partial charge in [-0.05, 0) is 12.1 Å². The number of carbonyl (C=O) groups excluding carboxylic acids is 4. The number of carbonyl (C=O) groups is 4. The highest BCUT2D eigenvalue weighted by Crippen LogP contribution is 2.39. The molecule has 3 aliphatic heterocycles. The van der Waals surface area contributed by atoms with Gasteiger partial charge in [-0.15, -0.1) is 11.8 Å². The molecule has 2 aromatic rings. The van der Waals surface area contributed by atoms with Crippen LogP contribution in [0.4, 0.5) is 5.13 Å². The van der Waals surface area contributed by atoms with Crippen molar-refractivity contribution in [3.8, 4) is 0 Å². The Bertz CT molecular complexity index is 1360. The Morgan fingerprint density at radius 2 is 2.11 bits per heavy atom. The van der Waals surface area contributed by atoms with Crippen molar-refractivity contribution < 1.29 is 33.5 Å². The molecule has 3 aliphatic rings. The maximum absolute atomic E-state index is 13.0. The first-order valence-electron chi connectivity index (χ1n) is 10.3. The van der Waals surface area contributed by atoms with Gasteiger partial charge < -0.3 is 25.4 Å². The highest BCUT2D eigenvalue weighted by atomic mass is 35.5. The number of nitrogens with one attached hydrogen (secondary N) is 1. The lowest BCUT2D eigenvalue weighted by molar-refractivity contribution is -0.168. The Morgan fingerprint density at radius 1 is 1.33 bits per heavy atom. The van der Waals surface area contributed by atoms with E-state index in [2.05, 4.69) is 15.5 Å². The van der Waals surface area contributed by atoms with Crippen LogP contribution in [0.5, 0.6) is 0 Å². The predicted octanol–water partition coefficient (Wildman–Crippen LogP) is 1.43. The van der Waals surface area contributed by atoms with Crippen LogP contribution in [0, 0.1) is 0 Å². The summed E-state index contributed by atoms with van der Waals surface area (Å²) in [7, 11) is 1.24. The van der Waals surface area contributed by atoms with E-state index in [0.717, 1.165) is 11.3 Å². The minimum atomic E-state index is -1.22. The summed E-state index contributed by atoms with van der Waals surface area (Å²) in [4.78, 5) is 60.8. The number of β-lactam (4-membered cyclic amide) rings is 1. The Morgan fingerprint density at radius 3 is 2.83 bits per heavy atom. The third kappa shape index (κ3) is 4.06. The maximum Gasteiger partial charge on any atom is 0.358 e. The maximum atomic E-state index is 13.0. The van der Waals surface area contributed by atoms with Gasteiger partial charge in [0.1, 0.15) is 34.3 Å². The molecule has 4 heterocycles. The molecule has 15 heteroatoms. The number of anilines is 1. The largest absolute Gasteiger partial charge is 0.417 e. The van der Waals surface area contributed by atoms with Gasteiger partial charge in [0.25, 0.3) is 18.1 Å². The molecule has 1 saturated heterocycles. The lowest BCUT2D eigenvalue weighted by atomic mass is 10.0. The van der Waals surface area contributed by atoms with Gasteiger partial charge >= 0.3 is 11.9 Å². The zero-order valence-corrected chi connectivity index (χ0v) is 20.7. The first-order valence-corrected chi connectivity index (χ1v) is 12.5.